The molecule has 0 saturated heterocycles. The van der Waals surface area contributed by atoms with Crippen molar-refractivity contribution in [2.75, 3.05) is 6.54 Å². The van der Waals surface area contributed by atoms with Crippen molar-refractivity contribution < 1.29 is 4.42 Å². The Morgan fingerprint density at radius 1 is 1.47 bits per heavy atom. The van der Waals surface area contributed by atoms with Gasteiger partial charge in [0.25, 0.3) is 0 Å². The largest absolute Gasteiger partial charge is 0.468 e. The van der Waals surface area contributed by atoms with E-state index in [2.05, 4.69) is 28.7 Å². The van der Waals surface area contributed by atoms with Crippen molar-refractivity contribution in [3.63, 3.8) is 0 Å². The molecule has 0 amide bonds. The van der Waals surface area contributed by atoms with Crippen LogP contribution in [0.25, 0.3) is 0 Å². The van der Waals surface area contributed by atoms with Gasteiger partial charge in [-0.05, 0) is 25.6 Å². The molecule has 0 bridgehead atoms. The number of furan rings is 1. The third kappa shape index (κ3) is 2.77. The van der Waals surface area contributed by atoms with Crippen molar-refractivity contribution in [2.24, 2.45) is 0 Å². The predicted molar refractivity (Wildman–Crippen MR) is 66.7 cm³/mol. The molecule has 0 aliphatic heterocycles. The Morgan fingerprint density at radius 2 is 2.35 bits per heavy atom. The van der Waals surface area contributed by atoms with Crippen LogP contribution in [0, 0.1) is 0 Å². The summed E-state index contributed by atoms with van der Waals surface area (Å²) in [5.74, 6) is 2.06. The molecular formula is C13H19N3O. The highest BCUT2D eigenvalue weighted by Gasteiger charge is 2.16. The first-order chi connectivity index (χ1) is 8.35. The molecule has 0 radical (unpaired) electrons. The standard InChI is InChI=1S/C13H19N3O/c1-3-14-11(12-6-5-9-17-12)10-13-15-7-8-16(13)4-2/h5-9,11,14H,3-4,10H2,1-2H3. The number of hydrogen-bond donors (Lipinski definition) is 1. The average Bonchev–Trinajstić information content (AvgIpc) is 2.99. The number of imidazole rings is 1. The Hall–Kier alpha value is -1.55. The van der Waals surface area contributed by atoms with Crippen molar-refractivity contribution in [1.29, 1.82) is 0 Å². The molecule has 17 heavy (non-hydrogen) atoms. The van der Waals surface area contributed by atoms with Crippen molar-refractivity contribution in [2.45, 2.75) is 32.9 Å². The first-order valence-electron chi connectivity index (χ1n) is 6.12. The molecule has 2 aromatic heterocycles. The SMILES string of the molecule is CCNC(Cc1nccn1CC)c1ccco1. The number of aromatic nitrogens is 2. The summed E-state index contributed by atoms with van der Waals surface area (Å²) in [6.45, 7) is 6.09. The minimum Gasteiger partial charge on any atom is -0.468 e. The van der Waals surface area contributed by atoms with Gasteiger partial charge in [-0.15, -0.1) is 0 Å². The fourth-order valence-electron chi connectivity index (χ4n) is 2.01. The van der Waals surface area contributed by atoms with Crippen molar-refractivity contribution in [3.05, 3.63) is 42.4 Å². The molecule has 4 nitrogen and oxygen atoms in total. The Bertz CT molecular complexity index is 433. The van der Waals surface area contributed by atoms with Crippen LogP contribution in [0.15, 0.2) is 35.2 Å². The molecule has 92 valence electrons. The van der Waals surface area contributed by atoms with Crippen LogP contribution in [0.4, 0.5) is 0 Å². The summed E-state index contributed by atoms with van der Waals surface area (Å²) in [6.07, 6.45) is 6.43. The number of aryl methyl sites for hydroxylation is 1. The zero-order valence-corrected chi connectivity index (χ0v) is 10.4. The second-order valence-electron chi connectivity index (χ2n) is 3.96. The molecule has 1 atom stereocenters. The molecule has 0 saturated carbocycles. The van der Waals surface area contributed by atoms with E-state index < -0.39 is 0 Å². The number of rotatable bonds is 6. The van der Waals surface area contributed by atoms with Gasteiger partial charge in [0.15, 0.2) is 0 Å². The topological polar surface area (TPSA) is 43.0 Å². The van der Waals surface area contributed by atoms with Gasteiger partial charge in [0, 0.05) is 25.4 Å². The summed E-state index contributed by atoms with van der Waals surface area (Å²) in [4.78, 5) is 4.40. The highest BCUT2D eigenvalue weighted by Crippen LogP contribution is 2.18. The zero-order valence-electron chi connectivity index (χ0n) is 10.4. The molecule has 0 aromatic carbocycles. The molecule has 0 spiro atoms. The van der Waals surface area contributed by atoms with Crippen molar-refractivity contribution in [3.8, 4) is 0 Å². The van der Waals surface area contributed by atoms with Crippen LogP contribution in [0.1, 0.15) is 31.5 Å². The fraction of sp³-hybridized carbons (Fsp3) is 0.462. The van der Waals surface area contributed by atoms with Gasteiger partial charge in [-0.3, -0.25) is 0 Å². The molecule has 2 aromatic rings. The van der Waals surface area contributed by atoms with Crippen LogP contribution in [0.5, 0.6) is 0 Å². The van der Waals surface area contributed by atoms with E-state index >= 15 is 0 Å². The molecule has 1 N–H and O–H groups in total. The first kappa shape index (κ1) is 11.9. The van der Waals surface area contributed by atoms with Gasteiger partial charge in [-0.1, -0.05) is 6.92 Å². The van der Waals surface area contributed by atoms with Crippen LogP contribution in [0.2, 0.25) is 0 Å². The van der Waals surface area contributed by atoms with Crippen molar-refractivity contribution >= 4 is 0 Å². The fourth-order valence-corrected chi connectivity index (χ4v) is 2.01. The maximum absolute atomic E-state index is 5.47. The van der Waals surface area contributed by atoms with Crippen molar-refractivity contribution in [1.82, 2.24) is 14.9 Å². The summed E-state index contributed by atoms with van der Waals surface area (Å²) in [5, 5.41) is 3.43. The highest BCUT2D eigenvalue weighted by atomic mass is 16.3. The summed E-state index contributed by atoms with van der Waals surface area (Å²) < 4.78 is 7.63. The Balaban J connectivity index is 2.13. The second-order valence-corrected chi connectivity index (χ2v) is 3.96. The minimum atomic E-state index is 0.197. The van der Waals surface area contributed by atoms with E-state index in [-0.39, 0.29) is 6.04 Å². The summed E-state index contributed by atoms with van der Waals surface area (Å²) >= 11 is 0. The second kappa shape index (κ2) is 5.68. The van der Waals surface area contributed by atoms with E-state index in [9.17, 15) is 0 Å². The number of likely N-dealkylation sites (N-methyl/N-ethyl adjacent to an activating group) is 1. The number of nitrogens with zero attached hydrogens (tertiary/aromatic N) is 2. The lowest BCUT2D eigenvalue weighted by atomic mass is 10.1. The van der Waals surface area contributed by atoms with Gasteiger partial charge in [0.05, 0.1) is 12.3 Å². The Morgan fingerprint density at radius 3 is 3.00 bits per heavy atom. The van der Waals surface area contributed by atoms with Gasteiger partial charge >= 0.3 is 0 Å². The van der Waals surface area contributed by atoms with Gasteiger partial charge in [0.2, 0.25) is 0 Å². The van der Waals surface area contributed by atoms with Crippen LogP contribution in [-0.2, 0) is 13.0 Å². The van der Waals surface area contributed by atoms with Gasteiger partial charge < -0.3 is 14.3 Å². The van der Waals surface area contributed by atoms with Gasteiger partial charge in [-0.25, -0.2) is 4.98 Å². The average molecular weight is 233 g/mol. The Kier molecular flexibility index (Phi) is 3.98. The maximum atomic E-state index is 5.47. The van der Waals surface area contributed by atoms with E-state index in [1.54, 1.807) is 6.26 Å². The van der Waals surface area contributed by atoms with Crippen LogP contribution in [0.3, 0.4) is 0 Å². The minimum absolute atomic E-state index is 0.197. The molecule has 1 unspecified atom stereocenters. The third-order valence-corrected chi connectivity index (χ3v) is 2.87. The number of nitrogens with one attached hydrogen (secondary N) is 1. The number of hydrogen-bond acceptors (Lipinski definition) is 3. The third-order valence-electron chi connectivity index (χ3n) is 2.87. The zero-order chi connectivity index (χ0) is 12.1. The summed E-state index contributed by atoms with van der Waals surface area (Å²) in [7, 11) is 0. The molecule has 2 heterocycles. The van der Waals surface area contributed by atoms with E-state index in [1.165, 1.54) is 0 Å². The van der Waals surface area contributed by atoms with Crippen LogP contribution >= 0.6 is 0 Å². The molecular weight excluding hydrogens is 214 g/mol. The quantitative estimate of drug-likeness (QED) is 0.833. The van der Waals surface area contributed by atoms with Gasteiger partial charge in [-0.2, -0.15) is 0 Å². The lowest BCUT2D eigenvalue weighted by Crippen LogP contribution is -2.23. The maximum Gasteiger partial charge on any atom is 0.121 e. The monoisotopic (exact) mass is 233 g/mol. The first-order valence-corrected chi connectivity index (χ1v) is 6.12. The molecule has 0 aliphatic carbocycles. The predicted octanol–water partition coefficient (Wildman–Crippen LogP) is 2.39. The van der Waals surface area contributed by atoms with E-state index in [1.807, 2.05) is 24.5 Å². The smallest absolute Gasteiger partial charge is 0.121 e. The van der Waals surface area contributed by atoms with Crippen LogP contribution < -0.4 is 5.32 Å². The molecule has 0 aliphatic rings. The molecule has 0 fully saturated rings. The van der Waals surface area contributed by atoms with Crippen LogP contribution in [-0.4, -0.2) is 16.1 Å². The molecule has 4 heteroatoms. The van der Waals surface area contributed by atoms with E-state index in [0.29, 0.717) is 0 Å². The van der Waals surface area contributed by atoms with Gasteiger partial charge in [0.1, 0.15) is 11.6 Å². The normalized spacial score (nSPS) is 12.8. The van der Waals surface area contributed by atoms with E-state index in [4.69, 9.17) is 4.42 Å². The summed E-state index contributed by atoms with van der Waals surface area (Å²) in [5.41, 5.74) is 0. The highest BCUT2D eigenvalue weighted by molar-refractivity contribution is 5.08. The lowest BCUT2D eigenvalue weighted by Gasteiger charge is -2.15. The van der Waals surface area contributed by atoms with E-state index in [0.717, 1.165) is 31.1 Å². The lowest BCUT2D eigenvalue weighted by molar-refractivity contribution is 0.408. The molecule has 2 rings (SSSR count). The Labute approximate surface area is 102 Å². The summed E-state index contributed by atoms with van der Waals surface area (Å²) in [6, 6.07) is 4.13.